The summed E-state index contributed by atoms with van der Waals surface area (Å²) in [4.78, 5) is 23.3. The van der Waals surface area contributed by atoms with E-state index in [1.165, 1.54) is 16.4 Å². The van der Waals surface area contributed by atoms with Crippen LogP contribution in [0.25, 0.3) is 6.08 Å². The van der Waals surface area contributed by atoms with Gasteiger partial charge >= 0.3 is 6.09 Å². The van der Waals surface area contributed by atoms with Crippen molar-refractivity contribution in [2.45, 2.75) is 45.0 Å². The fraction of sp³-hybridized carbons (Fsp3) is 0.562. The van der Waals surface area contributed by atoms with Gasteiger partial charge in [0.1, 0.15) is 5.60 Å². The van der Waals surface area contributed by atoms with Gasteiger partial charge in [-0.25, -0.2) is 4.79 Å². The highest BCUT2D eigenvalue weighted by atomic mass is 35.5. The molecule has 6 nitrogen and oxygen atoms in total. The number of nitrogens with zero attached hydrogens (tertiary/aromatic N) is 2. The highest BCUT2D eigenvalue weighted by Gasteiger charge is 2.22. The first-order chi connectivity index (χ1) is 10.7. The fourth-order valence-electron chi connectivity index (χ4n) is 2.26. The van der Waals surface area contributed by atoms with Gasteiger partial charge in [-0.05, 0) is 51.5 Å². The first-order valence-corrected chi connectivity index (χ1v) is 8.50. The van der Waals surface area contributed by atoms with Crippen LogP contribution in [0.4, 0.5) is 4.79 Å². The number of thioether (sulfide) groups is 1. The van der Waals surface area contributed by atoms with Gasteiger partial charge in [0, 0.05) is 24.9 Å². The number of rotatable bonds is 2. The Labute approximate surface area is 152 Å². The number of hydrogen-bond acceptors (Lipinski definition) is 6. The van der Waals surface area contributed by atoms with Gasteiger partial charge in [0.15, 0.2) is 5.12 Å². The van der Waals surface area contributed by atoms with Crippen molar-refractivity contribution in [2.24, 2.45) is 0 Å². The molecule has 1 N–H and O–H groups in total. The molecule has 1 aromatic heterocycles. The van der Waals surface area contributed by atoms with Crippen molar-refractivity contribution < 1.29 is 14.3 Å². The first kappa shape index (κ1) is 20.7. The fourth-order valence-corrected chi connectivity index (χ4v) is 3.20. The highest BCUT2D eigenvalue weighted by molar-refractivity contribution is 8.14. The number of carbonyl (C=O) groups excluding carboxylic acids is 2. The quantitative estimate of drug-likeness (QED) is 0.858. The Balaban J connectivity index is 0.00000288. The maximum absolute atomic E-state index is 12.0. The third-order valence-electron chi connectivity index (χ3n) is 3.16. The lowest BCUT2D eigenvalue weighted by molar-refractivity contribution is -0.109. The SMILES string of the molecule is CC(=O)SC1CCNC/C1=C/c1ccn(C(=O)OC(C)(C)C)n1.Cl. The number of nitrogens with one attached hydrogen (secondary N) is 1. The second-order valence-corrected chi connectivity index (χ2v) is 7.83. The molecule has 0 saturated carbocycles. The third kappa shape index (κ3) is 6.30. The normalized spacial score (nSPS) is 19.7. The van der Waals surface area contributed by atoms with Crippen LogP contribution in [-0.2, 0) is 9.53 Å². The zero-order valence-electron chi connectivity index (χ0n) is 14.4. The van der Waals surface area contributed by atoms with Gasteiger partial charge in [-0.1, -0.05) is 11.8 Å². The van der Waals surface area contributed by atoms with E-state index in [0.29, 0.717) is 5.69 Å². The first-order valence-electron chi connectivity index (χ1n) is 7.62. The molecule has 0 aliphatic carbocycles. The lowest BCUT2D eigenvalue weighted by Crippen LogP contribution is -2.32. The minimum absolute atomic E-state index is 0. The molecule has 1 unspecified atom stereocenters. The van der Waals surface area contributed by atoms with Gasteiger partial charge in [-0.3, -0.25) is 4.79 Å². The lowest BCUT2D eigenvalue weighted by Gasteiger charge is -2.24. The Morgan fingerprint density at radius 3 is 2.79 bits per heavy atom. The number of hydrogen-bond donors (Lipinski definition) is 1. The van der Waals surface area contributed by atoms with Gasteiger partial charge in [0.25, 0.3) is 0 Å². The molecular weight excluding hydrogens is 350 g/mol. The molecule has 1 fully saturated rings. The average Bonchev–Trinajstić information content (AvgIpc) is 2.87. The molecule has 134 valence electrons. The molecule has 0 radical (unpaired) electrons. The minimum atomic E-state index is -0.557. The average molecular weight is 374 g/mol. The zero-order chi connectivity index (χ0) is 17.0. The summed E-state index contributed by atoms with van der Waals surface area (Å²) in [5, 5.41) is 7.83. The largest absolute Gasteiger partial charge is 0.442 e. The molecule has 1 atom stereocenters. The zero-order valence-corrected chi connectivity index (χ0v) is 16.0. The van der Waals surface area contributed by atoms with Crippen LogP contribution < -0.4 is 5.32 Å². The topological polar surface area (TPSA) is 73.2 Å². The van der Waals surface area contributed by atoms with Crippen LogP contribution in [0.5, 0.6) is 0 Å². The second-order valence-electron chi connectivity index (χ2n) is 6.45. The molecule has 8 heteroatoms. The van der Waals surface area contributed by atoms with Crippen LogP contribution in [0, 0.1) is 0 Å². The van der Waals surface area contributed by atoms with Gasteiger partial charge in [-0.2, -0.15) is 9.78 Å². The maximum Gasteiger partial charge on any atom is 0.435 e. The van der Waals surface area contributed by atoms with Crippen molar-refractivity contribution in [1.29, 1.82) is 0 Å². The van der Waals surface area contributed by atoms with Crippen molar-refractivity contribution >= 4 is 41.5 Å². The molecule has 1 saturated heterocycles. The van der Waals surface area contributed by atoms with Crippen molar-refractivity contribution in [3.8, 4) is 0 Å². The standard InChI is InChI=1S/C16H23N3O3S.ClH/c1-11(20)23-14-5-7-17-10-12(14)9-13-6-8-19(18-13)15(21)22-16(2,3)4;/h6,8-9,14,17H,5,7,10H2,1-4H3;1H/b12-9-;. The summed E-state index contributed by atoms with van der Waals surface area (Å²) in [6, 6.07) is 1.76. The summed E-state index contributed by atoms with van der Waals surface area (Å²) >= 11 is 1.35. The Morgan fingerprint density at radius 1 is 1.46 bits per heavy atom. The van der Waals surface area contributed by atoms with Gasteiger partial charge in [0.05, 0.1) is 5.69 Å². The van der Waals surface area contributed by atoms with Gasteiger partial charge in [0.2, 0.25) is 0 Å². The summed E-state index contributed by atoms with van der Waals surface area (Å²) in [5.74, 6) is 0. The molecule has 24 heavy (non-hydrogen) atoms. The van der Waals surface area contributed by atoms with Crippen LogP contribution >= 0.6 is 24.2 Å². The summed E-state index contributed by atoms with van der Waals surface area (Å²) in [5.41, 5.74) is 1.24. The molecule has 1 aliphatic rings. The van der Waals surface area contributed by atoms with Crippen molar-refractivity contribution in [3.05, 3.63) is 23.5 Å². The van der Waals surface area contributed by atoms with Crippen molar-refractivity contribution in [2.75, 3.05) is 13.1 Å². The Bertz CT molecular complexity index is 622. The predicted molar refractivity (Wildman–Crippen MR) is 98.6 cm³/mol. The predicted octanol–water partition coefficient (Wildman–Crippen LogP) is 3.11. The number of aromatic nitrogens is 2. The van der Waals surface area contributed by atoms with Crippen LogP contribution in [-0.4, -0.2) is 44.9 Å². The van der Waals surface area contributed by atoms with E-state index in [9.17, 15) is 9.59 Å². The van der Waals surface area contributed by atoms with E-state index in [2.05, 4.69) is 10.4 Å². The molecule has 1 aliphatic heterocycles. The summed E-state index contributed by atoms with van der Waals surface area (Å²) in [7, 11) is 0. The molecule has 0 spiro atoms. The highest BCUT2D eigenvalue weighted by Crippen LogP contribution is 2.26. The molecular formula is C16H24ClN3O3S. The summed E-state index contributed by atoms with van der Waals surface area (Å²) in [6.45, 7) is 8.65. The van der Waals surface area contributed by atoms with E-state index in [4.69, 9.17) is 4.74 Å². The molecule has 2 heterocycles. The smallest absolute Gasteiger partial charge is 0.435 e. The van der Waals surface area contributed by atoms with E-state index in [0.717, 1.165) is 25.1 Å². The number of ether oxygens (including phenoxy) is 1. The van der Waals surface area contributed by atoms with Crippen LogP contribution in [0.15, 0.2) is 17.8 Å². The minimum Gasteiger partial charge on any atom is -0.442 e. The maximum atomic E-state index is 12.0. The van der Waals surface area contributed by atoms with Crippen molar-refractivity contribution in [3.63, 3.8) is 0 Å². The van der Waals surface area contributed by atoms with E-state index in [-0.39, 0.29) is 22.8 Å². The van der Waals surface area contributed by atoms with Crippen LogP contribution in [0.1, 0.15) is 39.8 Å². The second kappa shape index (κ2) is 8.69. The number of carbonyl (C=O) groups is 2. The Kier molecular flexibility index (Phi) is 7.51. The van der Waals surface area contributed by atoms with E-state index in [1.807, 2.05) is 26.8 Å². The van der Waals surface area contributed by atoms with Gasteiger partial charge < -0.3 is 10.1 Å². The van der Waals surface area contributed by atoms with Crippen molar-refractivity contribution in [1.82, 2.24) is 15.1 Å². The Hall–Kier alpha value is -1.31. The van der Waals surface area contributed by atoms with E-state index >= 15 is 0 Å². The molecule has 0 amide bonds. The molecule has 1 aromatic rings. The molecule has 0 aromatic carbocycles. The number of halogens is 1. The lowest BCUT2D eigenvalue weighted by atomic mass is 10.0. The van der Waals surface area contributed by atoms with Crippen LogP contribution in [0.2, 0.25) is 0 Å². The van der Waals surface area contributed by atoms with Gasteiger partial charge in [-0.15, -0.1) is 12.4 Å². The monoisotopic (exact) mass is 373 g/mol. The van der Waals surface area contributed by atoms with E-state index < -0.39 is 11.7 Å². The Morgan fingerprint density at radius 2 is 2.17 bits per heavy atom. The van der Waals surface area contributed by atoms with Crippen LogP contribution in [0.3, 0.4) is 0 Å². The molecule has 0 bridgehead atoms. The third-order valence-corrected chi connectivity index (χ3v) is 4.31. The summed E-state index contributed by atoms with van der Waals surface area (Å²) < 4.78 is 6.48. The molecule has 2 rings (SSSR count). The summed E-state index contributed by atoms with van der Waals surface area (Å²) in [6.07, 6.45) is 3.93. The number of piperidine rings is 1. The van der Waals surface area contributed by atoms with E-state index in [1.54, 1.807) is 19.2 Å².